The van der Waals surface area contributed by atoms with Gasteiger partial charge in [-0.25, -0.2) is 13.2 Å². The molecule has 3 aliphatic rings. The molecule has 0 radical (unpaired) electrons. The number of non-ortho nitro benzene ring substituents is 1. The predicted molar refractivity (Wildman–Crippen MR) is 111 cm³/mol. The van der Waals surface area contributed by atoms with Crippen molar-refractivity contribution >= 4 is 27.4 Å². The van der Waals surface area contributed by atoms with Gasteiger partial charge in [0.05, 0.1) is 10.6 Å². The Labute approximate surface area is 176 Å². The number of nitrogens with zero attached hydrogens (tertiary/aromatic N) is 5. The van der Waals surface area contributed by atoms with Crippen LogP contribution in [0.1, 0.15) is 25.7 Å². The van der Waals surface area contributed by atoms with Crippen LogP contribution in [0.3, 0.4) is 0 Å². The van der Waals surface area contributed by atoms with Crippen LogP contribution in [0.5, 0.6) is 0 Å². The van der Waals surface area contributed by atoms with Crippen LogP contribution in [0.25, 0.3) is 0 Å². The average Bonchev–Trinajstić information content (AvgIpc) is 3.47. The SMILES string of the molecule is O=C(N1CCCC1)N1CCN(c2ccc([N+](=O)[O-])cc2S(=O)(=O)N2CCCC2)CC1. The van der Waals surface area contributed by atoms with E-state index < -0.39 is 14.9 Å². The van der Waals surface area contributed by atoms with Gasteiger partial charge in [0, 0.05) is 64.5 Å². The molecule has 3 heterocycles. The van der Waals surface area contributed by atoms with E-state index in [0.717, 1.165) is 38.8 Å². The highest BCUT2D eigenvalue weighted by Gasteiger charge is 2.34. The second-order valence-electron chi connectivity index (χ2n) is 7.97. The van der Waals surface area contributed by atoms with Gasteiger partial charge in [-0.2, -0.15) is 4.31 Å². The summed E-state index contributed by atoms with van der Waals surface area (Å²) in [5.41, 5.74) is 0.236. The third kappa shape index (κ3) is 3.95. The molecular weight excluding hydrogens is 410 g/mol. The first kappa shape index (κ1) is 20.9. The normalized spacial score (nSPS) is 20.7. The average molecular weight is 438 g/mol. The fourth-order valence-corrected chi connectivity index (χ4v) is 6.15. The van der Waals surface area contributed by atoms with Crippen molar-refractivity contribution in [3.63, 3.8) is 0 Å². The van der Waals surface area contributed by atoms with Crippen LogP contribution in [0.15, 0.2) is 23.1 Å². The number of hydrogen-bond donors (Lipinski definition) is 0. The maximum absolute atomic E-state index is 13.2. The first-order chi connectivity index (χ1) is 14.4. The van der Waals surface area contributed by atoms with Crippen LogP contribution in [-0.2, 0) is 10.0 Å². The van der Waals surface area contributed by atoms with E-state index in [1.807, 2.05) is 14.7 Å². The number of likely N-dealkylation sites (tertiary alicyclic amines) is 1. The molecule has 0 unspecified atom stereocenters. The molecule has 164 valence electrons. The molecule has 2 amide bonds. The second kappa shape index (κ2) is 8.38. The van der Waals surface area contributed by atoms with Gasteiger partial charge in [0.1, 0.15) is 4.90 Å². The number of urea groups is 1. The number of benzene rings is 1. The van der Waals surface area contributed by atoms with Gasteiger partial charge in [0.25, 0.3) is 5.69 Å². The van der Waals surface area contributed by atoms with Crippen LogP contribution in [0, 0.1) is 10.1 Å². The van der Waals surface area contributed by atoms with Crippen molar-refractivity contribution in [3.8, 4) is 0 Å². The molecule has 0 aliphatic carbocycles. The lowest BCUT2D eigenvalue weighted by Crippen LogP contribution is -2.52. The first-order valence-electron chi connectivity index (χ1n) is 10.5. The number of piperazine rings is 1. The Balaban J connectivity index is 1.56. The highest BCUT2D eigenvalue weighted by molar-refractivity contribution is 7.89. The summed E-state index contributed by atoms with van der Waals surface area (Å²) in [6.07, 6.45) is 3.65. The maximum atomic E-state index is 13.2. The Hall–Kier alpha value is -2.40. The molecule has 0 saturated carbocycles. The van der Waals surface area contributed by atoms with Crippen LogP contribution < -0.4 is 4.90 Å². The Morgan fingerprint density at radius 2 is 1.43 bits per heavy atom. The minimum absolute atomic E-state index is 0.0158. The molecule has 1 aromatic rings. The van der Waals surface area contributed by atoms with Gasteiger partial charge >= 0.3 is 6.03 Å². The summed E-state index contributed by atoms with van der Waals surface area (Å²) in [6.45, 7) is 4.41. The molecule has 3 saturated heterocycles. The van der Waals surface area contributed by atoms with Gasteiger partial charge in [-0.3, -0.25) is 10.1 Å². The van der Waals surface area contributed by atoms with Gasteiger partial charge in [-0.1, -0.05) is 0 Å². The summed E-state index contributed by atoms with van der Waals surface area (Å²) in [6, 6.07) is 4.09. The van der Waals surface area contributed by atoms with Crippen LogP contribution in [0.2, 0.25) is 0 Å². The highest BCUT2D eigenvalue weighted by atomic mass is 32.2. The number of carbonyl (C=O) groups excluding carboxylic acids is 1. The van der Waals surface area contributed by atoms with E-state index >= 15 is 0 Å². The van der Waals surface area contributed by atoms with E-state index in [4.69, 9.17) is 0 Å². The van der Waals surface area contributed by atoms with Crippen molar-refractivity contribution in [2.75, 3.05) is 57.3 Å². The molecule has 0 N–H and O–H groups in total. The quantitative estimate of drug-likeness (QED) is 0.524. The maximum Gasteiger partial charge on any atom is 0.320 e. The fourth-order valence-electron chi connectivity index (χ4n) is 4.40. The Kier molecular flexibility index (Phi) is 5.83. The minimum atomic E-state index is -3.82. The number of nitro groups is 1. The number of nitro benzene ring substituents is 1. The highest BCUT2D eigenvalue weighted by Crippen LogP contribution is 2.33. The number of carbonyl (C=O) groups is 1. The van der Waals surface area contributed by atoms with Crippen LogP contribution in [0.4, 0.5) is 16.2 Å². The van der Waals surface area contributed by atoms with Gasteiger partial charge in [-0.15, -0.1) is 0 Å². The number of amides is 2. The molecule has 10 nitrogen and oxygen atoms in total. The lowest BCUT2D eigenvalue weighted by molar-refractivity contribution is -0.385. The molecule has 11 heteroatoms. The Morgan fingerprint density at radius 1 is 0.867 bits per heavy atom. The molecule has 4 rings (SSSR count). The lowest BCUT2D eigenvalue weighted by Gasteiger charge is -2.38. The Bertz CT molecular complexity index is 917. The fraction of sp³-hybridized carbons (Fsp3) is 0.632. The largest absolute Gasteiger partial charge is 0.367 e. The van der Waals surface area contributed by atoms with Crippen LogP contribution >= 0.6 is 0 Å². The number of hydrogen-bond acceptors (Lipinski definition) is 6. The number of anilines is 1. The van der Waals surface area contributed by atoms with Crippen molar-refractivity contribution in [2.45, 2.75) is 30.6 Å². The molecule has 3 fully saturated rings. The zero-order valence-electron chi connectivity index (χ0n) is 16.9. The molecule has 3 aliphatic heterocycles. The minimum Gasteiger partial charge on any atom is -0.367 e. The summed E-state index contributed by atoms with van der Waals surface area (Å²) >= 11 is 0. The number of sulfonamides is 1. The summed E-state index contributed by atoms with van der Waals surface area (Å²) in [7, 11) is -3.82. The second-order valence-corrected chi connectivity index (χ2v) is 9.88. The van der Waals surface area contributed by atoms with Gasteiger partial charge in [-0.05, 0) is 31.7 Å². The molecular formula is C19H27N5O5S. The standard InChI is InChI=1S/C19H27N5O5S/c25-19(21-7-1-2-8-21)22-13-11-20(12-14-22)17-6-5-16(24(26)27)15-18(17)30(28,29)23-9-3-4-10-23/h5-6,15H,1-4,7-14H2. The van der Waals surface area contributed by atoms with Gasteiger partial charge < -0.3 is 14.7 Å². The smallest absolute Gasteiger partial charge is 0.320 e. The summed E-state index contributed by atoms with van der Waals surface area (Å²) < 4.78 is 27.9. The molecule has 1 aromatic carbocycles. The first-order valence-corrected chi connectivity index (χ1v) is 11.9. The molecule has 0 bridgehead atoms. The van der Waals surface area contributed by atoms with Crippen molar-refractivity contribution in [1.82, 2.24) is 14.1 Å². The molecule has 0 atom stereocenters. The molecule has 0 aromatic heterocycles. The van der Waals surface area contributed by atoms with Crippen molar-refractivity contribution < 1.29 is 18.1 Å². The van der Waals surface area contributed by atoms with E-state index in [9.17, 15) is 23.3 Å². The van der Waals surface area contributed by atoms with Gasteiger partial charge in [0.2, 0.25) is 10.0 Å². The molecule has 0 spiro atoms. The van der Waals surface area contributed by atoms with E-state index in [1.165, 1.54) is 22.5 Å². The third-order valence-corrected chi connectivity index (χ3v) is 8.03. The monoisotopic (exact) mass is 437 g/mol. The van der Waals surface area contributed by atoms with E-state index in [0.29, 0.717) is 45.0 Å². The van der Waals surface area contributed by atoms with E-state index in [-0.39, 0.29) is 16.6 Å². The summed E-state index contributed by atoms with van der Waals surface area (Å²) in [5, 5.41) is 11.3. The topological polar surface area (TPSA) is 107 Å². The van der Waals surface area contributed by atoms with Crippen molar-refractivity contribution in [2.24, 2.45) is 0 Å². The van der Waals surface area contributed by atoms with E-state index in [2.05, 4.69) is 0 Å². The summed E-state index contributed by atoms with van der Waals surface area (Å²) in [4.78, 5) is 28.9. The third-order valence-electron chi connectivity index (χ3n) is 6.10. The Morgan fingerprint density at radius 3 is 2.03 bits per heavy atom. The lowest BCUT2D eigenvalue weighted by atomic mass is 10.2. The predicted octanol–water partition coefficient (Wildman–Crippen LogP) is 1.72. The number of rotatable bonds is 4. The van der Waals surface area contributed by atoms with Gasteiger partial charge in [0.15, 0.2) is 0 Å². The zero-order chi connectivity index (χ0) is 21.3. The van der Waals surface area contributed by atoms with E-state index in [1.54, 1.807) is 0 Å². The molecule has 30 heavy (non-hydrogen) atoms. The van der Waals surface area contributed by atoms with Crippen molar-refractivity contribution in [3.05, 3.63) is 28.3 Å². The van der Waals surface area contributed by atoms with Crippen molar-refractivity contribution in [1.29, 1.82) is 0 Å². The van der Waals surface area contributed by atoms with Crippen LogP contribution in [-0.4, -0.2) is 85.8 Å². The summed E-state index contributed by atoms with van der Waals surface area (Å²) in [5.74, 6) is 0. The zero-order valence-corrected chi connectivity index (χ0v) is 17.7.